The summed E-state index contributed by atoms with van der Waals surface area (Å²) in [5.41, 5.74) is 1.24. The lowest BCUT2D eigenvalue weighted by molar-refractivity contribution is -0.148. The van der Waals surface area contributed by atoms with Crippen molar-refractivity contribution in [3.8, 4) is 0 Å². The zero-order valence-corrected chi connectivity index (χ0v) is 11.9. The second-order valence-corrected chi connectivity index (χ2v) is 4.42. The van der Waals surface area contributed by atoms with Gasteiger partial charge in [-0.3, -0.25) is 0 Å². The van der Waals surface area contributed by atoms with Crippen LogP contribution in [-0.4, -0.2) is 38.9 Å². The summed E-state index contributed by atoms with van der Waals surface area (Å²) in [7, 11) is 0. The number of hydrogen-bond donors (Lipinski definition) is 1. The zero-order chi connectivity index (χ0) is 13.9. The fourth-order valence-electron chi connectivity index (χ4n) is 1.51. The van der Waals surface area contributed by atoms with Crippen LogP contribution in [0.2, 0.25) is 5.02 Å². The number of hydrogen-bond acceptors (Lipinski definition) is 4. The fourth-order valence-corrected chi connectivity index (χ4v) is 1.64. The molecule has 1 rings (SSSR count). The van der Waals surface area contributed by atoms with Gasteiger partial charge in [0.25, 0.3) is 0 Å². The Kier molecular flexibility index (Phi) is 8.21. The Morgan fingerprint density at radius 1 is 1.26 bits per heavy atom. The Bertz CT molecular complexity index is 367. The van der Waals surface area contributed by atoms with Crippen LogP contribution < -0.4 is 5.32 Å². The molecule has 19 heavy (non-hydrogen) atoms. The number of carbonyl (C=O) groups is 1. The maximum Gasteiger partial charge on any atom is 0.332 e. The summed E-state index contributed by atoms with van der Waals surface area (Å²) in [6.07, 6.45) is 0.940. The molecule has 5 heteroatoms. The van der Waals surface area contributed by atoms with Crippen molar-refractivity contribution in [2.45, 2.75) is 13.3 Å². The van der Waals surface area contributed by atoms with Gasteiger partial charge in [-0.15, -0.1) is 0 Å². The highest BCUT2D eigenvalue weighted by Crippen LogP contribution is 2.09. The normalized spacial score (nSPS) is 10.4. The number of nitrogens with one attached hydrogen (secondary N) is 1. The van der Waals surface area contributed by atoms with Gasteiger partial charge < -0.3 is 14.8 Å². The van der Waals surface area contributed by atoms with E-state index in [-0.39, 0.29) is 12.6 Å². The predicted octanol–water partition coefficient (Wildman–Crippen LogP) is 2.05. The van der Waals surface area contributed by atoms with Gasteiger partial charge in [-0.05, 0) is 37.6 Å². The van der Waals surface area contributed by atoms with Gasteiger partial charge in [0, 0.05) is 11.6 Å². The smallest absolute Gasteiger partial charge is 0.332 e. The van der Waals surface area contributed by atoms with Crippen LogP contribution in [-0.2, 0) is 20.7 Å². The van der Waals surface area contributed by atoms with Crippen LogP contribution in [0.15, 0.2) is 24.3 Å². The maximum atomic E-state index is 11.0. The number of benzene rings is 1. The highest BCUT2D eigenvalue weighted by Gasteiger charge is 2.00. The monoisotopic (exact) mass is 285 g/mol. The van der Waals surface area contributed by atoms with E-state index in [9.17, 15) is 4.79 Å². The zero-order valence-electron chi connectivity index (χ0n) is 11.2. The third-order valence-electron chi connectivity index (χ3n) is 2.45. The Morgan fingerprint density at radius 2 is 2.00 bits per heavy atom. The van der Waals surface area contributed by atoms with Crippen LogP contribution in [0.1, 0.15) is 12.5 Å². The summed E-state index contributed by atoms with van der Waals surface area (Å²) in [5, 5.41) is 4.00. The number of halogens is 1. The van der Waals surface area contributed by atoms with E-state index in [1.165, 1.54) is 5.56 Å². The Balaban J connectivity index is 1.96. The topological polar surface area (TPSA) is 47.6 Å². The van der Waals surface area contributed by atoms with Crippen LogP contribution in [0.25, 0.3) is 0 Å². The number of esters is 1. The molecule has 0 aliphatic carbocycles. The number of ether oxygens (including phenoxy) is 2. The van der Waals surface area contributed by atoms with Gasteiger partial charge in [-0.1, -0.05) is 23.7 Å². The summed E-state index contributed by atoms with van der Waals surface area (Å²) in [6, 6.07) is 7.81. The highest BCUT2D eigenvalue weighted by molar-refractivity contribution is 6.30. The van der Waals surface area contributed by atoms with Crippen LogP contribution >= 0.6 is 11.6 Å². The quantitative estimate of drug-likeness (QED) is 0.557. The molecule has 1 N–H and O–H groups in total. The molecule has 0 spiro atoms. The summed E-state index contributed by atoms with van der Waals surface area (Å²) in [5.74, 6) is -0.316. The molecule has 0 aliphatic heterocycles. The molecule has 0 bridgehead atoms. The lowest BCUT2D eigenvalue weighted by Gasteiger charge is -2.06. The highest BCUT2D eigenvalue weighted by atomic mass is 35.5. The van der Waals surface area contributed by atoms with E-state index < -0.39 is 0 Å². The molecular weight excluding hydrogens is 266 g/mol. The molecule has 0 unspecified atom stereocenters. The van der Waals surface area contributed by atoms with Crippen molar-refractivity contribution in [1.82, 2.24) is 5.32 Å². The van der Waals surface area contributed by atoms with Gasteiger partial charge in [0.15, 0.2) is 0 Å². The predicted molar refractivity (Wildman–Crippen MR) is 75.5 cm³/mol. The molecule has 0 fully saturated rings. The lowest BCUT2D eigenvalue weighted by atomic mass is 10.1. The van der Waals surface area contributed by atoms with Crippen LogP contribution in [0.3, 0.4) is 0 Å². The maximum absolute atomic E-state index is 11.0. The fraction of sp³-hybridized carbons (Fsp3) is 0.500. The van der Waals surface area contributed by atoms with Crippen molar-refractivity contribution in [2.75, 3.05) is 32.9 Å². The molecule has 0 amide bonds. The van der Waals surface area contributed by atoms with Gasteiger partial charge in [-0.2, -0.15) is 0 Å². The largest absolute Gasteiger partial charge is 0.464 e. The number of rotatable bonds is 9. The molecule has 0 saturated carbocycles. The summed E-state index contributed by atoms with van der Waals surface area (Å²) < 4.78 is 9.90. The standard InChI is InChI=1S/C14H20ClNO3/c1-2-19-14(17)11-18-10-9-16-8-7-12-3-5-13(15)6-4-12/h3-6,16H,2,7-11H2,1H3. The molecule has 1 aromatic carbocycles. The minimum Gasteiger partial charge on any atom is -0.464 e. The minimum absolute atomic E-state index is 0.0205. The number of carbonyl (C=O) groups excluding carboxylic acids is 1. The van der Waals surface area contributed by atoms with E-state index in [0.717, 1.165) is 18.0 Å². The molecular formula is C14H20ClNO3. The van der Waals surface area contributed by atoms with Gasteiger partial charge in [0.1, 0.15) is 6.61 Å². The average Bonchev–Trinajstić information content (AvgIpc) is 2.40. The first kappa shape index (κ1) is 16.0. The summed E-state index contributed by atoms with van der Waals surface area (Å²) >= 11 is 5.81. The van der Waals surface area contributed by atoms with E-state index >= 15 is 0 Å². The third-order valence-corrected chi connectivity index (χ3v) is 2.70. The molecule has 0 radical (unpaired) electrons. The molecule has 0 aliphatic rings. The summed E-state index contributed by atoms with van der Waals surface area (Å²) in [4.78, 5) is 11.0. The Labute approximate surface area is 119 Å². The van der Waals surface area contributed by atoms with Crippen LogP contribution in [0.5, 0.6) is 0 Å². The van der Waals surface area contributed by atoms with E-state index in [0.29, 0.717) is 19.8 Å². The first-order valence-electron chi connectivity index (χ1n) is 6.41. The van der Waals surface area contributed by atoms with Crippen molar-refractivity contribution < 1.29 is 14.3 Å². The van der Waals surface area contributed by atoms with Crippen LogP contribution in [0.4, 0.5) is 0 Å². The minimum atomic E-state index is -0.316. The third kappa shape index (κ3) is 7.82. The van der Waals surface area contributed by atoms with Crippen molar-refractivity contribution in [2.24, 2.45) is 0 Å². The molecule has 106 valence electrons. The van der Waals surface area contributed by atoms with Crippen molar-refractivity contribution >= 4 is 17.6 Å². The SMILES string of the molecule is CCOC(=O)COCCNCCc1ccc(Cl)cc1. The molecule has 0 atom stereocenters. The van der Waals surface area contributed by atoms with Gasteiger partial charge in [-0.25, -0.2) is 4.79 Å². The second-order valence-electron chi connectivity index (χ2n) is 3.98. The second kappa shape index (κ2) is 9.78. The van der Waals surface area contributed by atoms with Gasteiger partial charge in [0.05, 0.1) is 13.2 Å². The van der Waals surface area contributed by atoms with Crippen molar-refractivity contribution in [3.63, 3.8) is 0 Å². The Hall–Kier alpha value is -1.10. The molecule has 1 aromatic rings. The first-order chi connectivity index (χ1) is 9.22. The van der Waals surface area contributed by atoms with E-state index in [1.807, 2.05) is 24.3 Å². The van der Waals surface area contributed by atoms with Crippen LogP contribution in [0, 0.1) is 0 Å². The molecule has 0 saturated heterocycles. The Morgan fingerprint density at radius 3 is 2.68 bits per heavy atom. The lowest BCUT2D eigenvalue weighted by Crippen LogP contribution is -2.24. The molecule has 0 heterocycles. The van der Waals surface area contributed by atoms with E-state index in [4.69, 9.17) is 21.1 Å². The molecule has 4 nitrogen and oxygen atoms in total. The van der Waals surface area contributed by atoms with E-state index in [1.54, 1.807) is 6.92 Å². The molecule has 0 aromatic heterocycles. The van der Waals surface area contributed by atoms with E-state index in [2.05, 4.69) is 5.32 Å². The van der Waals surface area contributed by atoms with Gasteiger partial charge in [0.2, 0.25) is 0 Å². The average molecular weight is 286 g/mol. The van der Waals surface area contributed by atoms with Crippen molar-refractivity contribution in [3.05, 3.63) is 34.9 Å². The summed E-state index contributed by atoms with van der Waals surface area (Å²) in [6.45, 7) is 4.27. The van der Waals surface area contributed by atoms with Crippen molar-refractivity contribution in [1.29, 1.82) is 0 Å². The first-order valence-corrected chi connectivity index (χ1v) is 6.78. The van der Waals surface area contributed by atoms with Gasteiger partial charge >= 0.3 is 5.97 Å².